The van der Waals surface area contributed by atoms with E-state index in [0.717, 1.165) is 16.3 Å². The molecule has 0 saturated carbocycles. The number of nitrogens with zero attached hydrogens (tertiary/aromatic N) is 2. The Hall–Kier alpha value is -3.72. The molecule has 1 aliphatic rings. The van der Waals surface area contributed by atoms with Crippen LogP contribution in [0.25, 0.3) is 10.8 Å². The number of H-pyrrole nitrogens is 1. The molecular weight excluding hydrogens is 448 g/mol. The van der Waals surface area contributed by atoms with Crippen LogP contribution in [0.2, 0.25) is 0 Å². The largest absolute Gasteiger partial charge is 0.467 e. The Balaban J connectivity index is 1.57. The zero-order valence-corrected chi connectivity index (χ0v) is 19.7. The smallest absolute Gasteiger partial charge is 0.328 e. The topological polar surface area (TPSA) is 114 Å². The molecule has 9 nitrogen and oxygen atoms in total. The van der Waals surface area contributed by atoms with Crippen LogP contribution < -0.4 is 5.32 Å². The zero-order valence-electron chi connectivity index (χ0n) is 19.7. The first-order valence-electron chi connectivity index (χ1n) is 11.7. The quantitative estimate of drug-likeness (QED) is 0.454. The highest BCUT2D eigenvalue weighted by molar-refractivity contribution is 5.91. The molecule has 1 aromatic heterocycles. The Kier molecular flexibility index (Phi) is 8.10. The van der Waals surface area contributed by atoms with Gasteiger partial charge in [0.2, 0.25) is 11.8 Å². The molecular formula is C26H30N4O5. The molecule has 1 aliphatic heterocycles. The van der Waals surface area contributed by atoms with Crippen LogP contribution >= 0.6 is 0 Å². The number of morpholine rings is 1. The Morgan fingerprint density at radius 2 is 1.89 bits per heavy atom. The van der Waals surface area contributed by atoms with E-state index in [2.05, 4.69) is 15.3 Å². The van der Waals surface area contributed by atoms with Crippen LogP contribution in [0, 0.1) is 5.92 Å². The second kappa shape index (κ2) is 11.6. The van der Waals surface area contributed by atoms with E-state index in [9.17, 15) is 14.4 Å². The first-order chi connectivity index (χ1) is 17.0. The standard InChI is InChI=1S/C26H30N4O5/c1-34-26(33)23(15-21-16-27-17-28-21)29-25(32)20(14-24(31)30-9-11-35-12-10-30)13-19-7-4-6-18-5-2-3-8-22(18)19/h2-8,16-17,20,23H,9-15H2,1H3,(H,27,28)(H,29,32)/t20-,23+/m1/s1. The number of fused-ring (bicyclic) bond motifs is 1. The summed E-state index contributed by atoms with van der Waals surface area (Å²) in [4.78, 5) is 47.7. The maximum absolute atomic E-state index is 13.5. The van der Waals surface area contributed by atoms with Crippen molar-refractivity contribution in [3.63, 3.8) is 0 Å². The summed E-state index contributed by atoms with van der Waals surface area (Å²) in [6.45, 7) is 1.99. The van der Waals surface area contributed by atoms with Gasteiger partial charge in [0.1, 0.15) is 6.04 Å². The molecule has 2 heterocycles. The van der Waals surface area contributed by atoms with Crippen LogP contribution in [0.15, 0.2) is 55.0 Å². The third kappa shape index (κ3) is 6.24. The first kappa shape index (κ1) is 24.4. The molecule has 184 valence electrons. The number of aromatic nitrogens is 2. The van der Waals surface area contributed by atoms with Gasteiger partial charge < -0.3 is 24.7 Å². The fraction of sp³-hybridized carbons (Fsp3) is 0.385. The van der Waals surface area contributed by atoms with Crippen LogP contribution in [0.5, 0.6) is 0 Å². The number of amides is 2. The van der Waals surface area contributed by atoms with E-state index in [0.29, 0.717) is 38.4 Å². The number of benzene rings is 2. The van der Waals surface area contributed by atoms with Crippen molar-refractivity contribution in [2.45, 2.75) is 25.3 Å². The van der Waals surface area contributed by atoms with Gasteiger partial charge >= 0.3 is 5.97 Å². The minimum absolute atomic E-state index is 0.0347. The number of hydrogen-bond donors (Lipinski definition) is 2. The number of esters is 1. The van der Waals surface area contributed by atoms with Crippen molar-refractivity contribution in [3.05, 3.63) is 66.2 Å². The van der Waals surface area contributed by atoms with Gasteiger partial charge in [-0.1, -0.05) is 42.5 Å². The monoisotopic (exact) mass is 478 g/mol. The molecule has 0 bridgehead atoms. The van der Waals surface area contributed by atoms with E-state index in [1.54, 1.807) is 11.1 Å². The summed E-state index contributed by atoms with van der Waals surface area (Å²) in [5.74, 6) is -1.69. The minimum atomic E-state index is -0.901. The molecule has 0 radical (unpaired) electrons. The molecule has 2 N–H and O–H groups in total. The number of carbonyl (C=O) groups is 3. The SMILES string of the molecule is COC(=O)[C@H](Cc1cnc[nH]1)NC(=O)[C@@H](CC(=O)N1CCOCC1)Cc1cccc2ccccc12. The van der Waals surface area contributed by atoms with Crippen molar-refractivity contribution in [2.75, 3.05) is 33.4 Å². The normalized spacial score (nSPS) is 15.4. The number of hydrogen-bond acceptors (Lipinski definition) is 6. The van der Waals surface area contributed by atoms with Crippen molar-refractivity contribution in [1.29, 1.82) is 0 Å². The lowest BCUT2D eigenvalue weighted by Crippen LogP contribution is -2.48. The van der Waals surface area contributed by atoms with Gasteiger partial charge in [0.05, 0.1) is 32.6 Å². The molecule has 2 atom stereocenters. The summed E-state index contributed by atoms with van der Waals surface area (Å²) < 4.78 is 10.3. The molecule has 0 spiro atoms. The maximum Gasteiger partial charge on any atom is 0.328 e. The summed E-state index contributed by atoms with van der Waals surface area (Å²) in [6, 6.07) is 13.0. The van der Waals surface area contributed by atoms with Gasteiger partial charge in [-0.3, -0.25) is 9.59 Å². The third-order valence-corrected chi connectivity index (χ3v) is 6.28. The number of imidazole rings is 1. The Morgan fingerprint density at radius 3 is 2.63 bits per heavy atom. The van der Waals surface area contributed by atoms with Crippen LogP contribution in [-0.4, -0.2) is 72.1 Å². The number of carbonyl (C=O) groups excluding carboxylic acids is 3. The predicted molar refractivity (Wildman–Crippen MR) is 129 cm³/mol. The summed E-state index contributed by atoms with van der Waals surface area (Å²) in [5.41, 5.74) is 1.66. The van der Waals surface area contributed by atoms with Gasteiger partial charge in [-0.15, -0.1) is 0 Å². The highest BCUT2D eigenvalue weighted by Gasteiger charge is 2.30. The second-order valence-electron chi connectivity index (χ2n) is 8.60. The fourth-order valence-corrected chi connectivity index (χ4v) is 4.39. The number of rotatable bonds is 9. The first-order valence-corrected chi connectivity index (χ1v) is 11.7. The van der Waals surface area contributed by atoms with E-state index < -0.39 is 17.9 Å². The molecule has 9 heteroatoms. The highest BCUT2D eigenvalue weighted by Crippen LogP contribution is 2.23. The molecule has 3 aromatic rings. The Bertz CT molecular complexity index is 1150. The zero-order chi connectivity index (χ0) is 24.6. The number of aromatic amines is 1. The van der Waals surface area contributed by atoms with Crippen molar-refractivity contribution in [1.82, 2.24) is 20.2 Å². The van der Waals surface area contributed by atoms with Crippen molar-refractivity contribution < 1.29 is 23.9 Å². The number of nitrogens with one attached hydrogen (secondary N) is 2. The van der Waals surface area contributed by atoms with Gasteiger partial charge in [0, 0.05) is 37.8 Å². The molecule has 2 aromatic carbocycles. The average molecular weight is 479 g/mol. The van der Waals surface area contributed by atoms with Crippen molar-refractivity contribution in [2.24, 2.45) is 5.92 Å². The lowest BCUT2D eigenvalue weighted by atomic mass is 9.91. The van der Waals surface area contributed by atoms with Crippen LogP contribution in [-0.2, 0) is 36.7 Å². The van der Waals surface area contributed by atoms with E-state index >= 15 is 0 Å². The Morgan fingerprint density at radius 1 is 1.11 bits per heavy atom. The van der Waals surface area contributed by atoms with Crippen molar-refractivity contribution >= 4 is 28.6 Å². The second-order valence-corrected chi connectivity index (χ2v) is 8.60. The van der Waals surface area contributed by atoms with Gasteiger partial charge in [0.25, 0.3) is 0 Å². The molecule has 1 fully saturated rings. The van der Waals surface area contributed by atoms with Crippen LogP contribution in [0.3, 0.4) is 0 Å². The third-order valence-electron chi connectivity index (χ3n) is 6.28. The summed E-state index contributed by atoms with van der Waals surface area (Å²) in [5, 5.41) is 4.93. The molecule has 35 heavy (non-hydrogen) atoms. The number of ether oxygens (including phenoxy) is 2. The van der Waals surface area contributed by atoms with E-state index in [1.165, 1.54) is 13.4 Å². The molecule has 2 amide bonds. The van der Waals surface area contributed by atoms with E-state index in [4.69, 9.17) is 9.47 Å². The summed E-state index contributed by atoms with van der Waals surface area (Å²) >= 11 is 0. The molecule has 0 aliphatic carbocycles. The molecule has 0 unspecified atom stereocenters. The van der Waals surface area contributed by atoms with Crippen LogP contribution in [0.1, 0.15) is 17.7 Å². The maximum atomic E-state index is 13.5. The molecule has 1 saturated heterocycles. The highest BCUT2D eigenvalue weighted by atomic mass is 16.5. The van der Waals surface area contributed by atoms with Gasteiger partial charge in [-0.2, -0.15) is 0 Å². The van der Waals surface area contributed by atoms with E-state index in [-0.39, 0.29) is 24.7 Å². The van der Waals surface area contributed by atoms with Gasteiger partial charge in [-0.05, 0) is 22.8 Å². The summed E-state index contributed by atoms with van der Waals surface area (Å²) in [7, 11) is 1.28. The summed E-state index contributed by atoms with van der Waals surface area (Å²) in [6.07, 6.45) is 3.71. The van der Waals surface area contributed by atoms with Gasteiger partial charge in [-0.25, -0.2) is 9.78 Å². The average Bonchev–Trinajstić information content (AvgIpc) is 3.41. The lowest BCUT2D eigenvalue weighted by molar-refractivity contribution is -0.146. The minimum Gasteiger partial charge on any atom is -0.467 e. The van der Waals surface area contributed by atoms with Crippen molar-refractivity contribution in [3.8, 4) is 0 Å². The van der Waals surface area contributed by atoms with Gasteiger partial charge in [0.15, 0.2) is 0 Å². The number of methoxy groups -OCH3 is 1. The Labute approximate surface area is 203 Å². The predicted octanol–water partition coefficient (Wildman–Crippen LogP) is 1.87. The van der Waals surface area contributed by atoms with Crippen LogP contribution in [0.4, 0.5) is 0 Å². The fourth-order valence-electron chi connectivity index (χ4n) is 4.39. The van der Waals surface area contributed by atoms with E-state index in [1.807, 2.05) is 42.5 Å². The molecule has 4 rings (SSSR count). The lowest BCUT2D eigenvalue weighted by Gasteiger charge is -2.29.